The maximum Gasteiger partial charge on any atom is 0.262 e. The van der Waals surface area contributed by atoms with Crippen molar-refractivity contribution in [1.82, 2.24) is 14.8 Å². The standard InChI is InChI=1S/C17H16N4O3/c1-23-13-6-8-14(9-7-13)24-10-17(22)20-15-4-2-3-5-16(15)21-12-18-11-19-21/h2-9,11-12H,10H2,1H3,(H,20,22). The largest absolute Gasteiger partial charge is 0.497 e. The van der Waals surface area contributed by atoms with Gasteiger partial charge < -0.3 is 14.8 Å². The van der Waals surface area contributed by atoms with Crippen molar-refractivity contribution in [2.45, 2.75) is 0 Å². The van der Waals surface area contributed by atoms with Crippen molar-refractivity contribution in [2.24, 2.45) is 0 Å². The molecule has 7 heteroatoms. The number of carbonyl (C=O) groups excluding carboxylic acids is 1. The molecule has 0 spiro atoms. The maximum atomic E-state index is 12.1. The van der Waals surface area contributed by atoms with Gasteiger partial charge >= 0.3 is 0 Å². The molecule has 0 aliphatic heterocycles. The highest BCUT2D eigenvalue weighted by Crippen LogP contribution is 2.19. The number of methoxy groups -OCH3 is 1. The van der Waals surface area contributed by atoms with Gasteiger partial charge in [0, 0.05) is 0 Å². The van der Waals surface area contributed by atoms with Crippen molar-refractivity contribution in [2.75, 3.05) is 19.0 Å². The van der Waals surface area contributed by atoms with Crippen molar-refractivity contribution in [3.8, 4) is 17.2 Å². The van der Waals surface area contributed by atoms with Gasteiger partial charge in [0.25, 0.3) is 5.91 Å². The first-order valence-electron chi connectivity index (χ1n) is 7.27. The van der Waals surface area contributed by atoms with Crippen LogP contribution in [0.5, 0.6) is 11.5 Å². The van der Waals surface area contributed by atoms with Gasteiger partial charge in [-0.25, -0.2) is 9.67 Å². The van der Waals surface area contributed by atoms with E-state index in [4.69, 9.17) is 9.47 Å². The van der Waals surface area contributed by atoms with E-state index < -0.39 is 0 Å². The van der Waals surface area contributed by atoms with Crippen LogP contribution in [0.15, 0.2) is 61.2 Å². The molecule has 0 fully saturated rings. The van der Waals surface area contributed by atoms with Gasteiger partial charge in [0.1, 0.15) is 24.2 Å². The molecule has 1 N–H and O–H groups in total. The van der Waals surface area contributed by atoms with Crippen LogP contribution in [0, 0.1) is 0 Å². The SMILES string of the molecule is COc1ccc(OCC(=O)Nc2ccccc2-n2cncn2)cc1. The molecule has 0 unspecified atom stereocenters. The van der Waals surface area contributed by atoms with E-state index in [0.29, 0.717) is 11.4 Å². The van der Waals surface area contributed by atoms with E-state index >= 15 is 0 Å². The first-order chi connectivity index (χ1) is 11.8. The summed E-state index contributed by atoms with van der Waals surface area (Å²) >= 11 is 0. The average Bonchev–Trinajstić information content (AvgIpc) is 3.15. The molecular weight excluding hydrogens is 308 g/mol. The summed E-state index contributed by atoms with van der Waals surface area (Å²) in [5.41, 5.74) is 1.36. The zero-order valence-electron chi connectivity index (χ0n) is 13.0. The molecule has 1 aromatic heterocycles. The minimum atomic E-state index is -0.265. The number of anilines is 1. The Kier molecular flexibility index (Phi) is 4.71. The van der Waals surface area contributed by atoms with Crippen molar-refractivity contribution in [1.29, 1.82) is 0 Å². The molecule has 0 saturated heterocycles. The predicted molar refractivity (Wildman–Crippen MR) is 88.5 cm³/mol. The molecule has 3 rings (SSSR count). The molecule has 1 heterocycles. The summed E-state index contributed by atoms with van der Waals surface area (Å²) in [6, 6.07) is 14.4. The third kappa shape index (κ3) is 3.70. The van der Waals surface area contributed by atoms with Gasteiger partial charge in [-0.15, -0.1) is 0 Å². The zero-order chi connectivity index (χ0) is 16.8. The Morgan fingerprint density at radius 3 is 2.58 bits per heavy atom. The van der Waals surface area contributed by atoms with Gasteiger partial charge in [-0.1, -0.05) is 12.1 Å². The number of rotatable bonds is 6. The fraction of sp³-hybridized carbons (Fsp3) is 0.118. The van der Waals surface area contributed by atoms with Gasteiger partial charge in [-0.2, -0.15) is 5.10 Å². The fourth-order valence-electron chi connectivity index (χ4n) is 2.12. The smallest absolute Gasteiger partial charge is 0.262 e. The summed E-state index contributed by atoms with van der Waals surface area (Å²) < 4.78 is 12.1. The van der Waals surface area contributed by atoms with Gasteiger partial charge in [0.05, 0.1) is 18.5 Å². The molecule has 0 saturated carbocycles. The fourth-order valence-corrected chi connectivity index (χ4v) is 2.12. The van der Waals surface area contributed by atoms with E-state index in [0.717, 1.165) is 11.4 Å². The second kappa shape index (κ2) is 7.28. The number of hydrogen-bond donors (Lipinski definition) is 1. The predicted octanol–water partition coefficient (Wildman–Crippen LogP) is 2.29. The molecule has 7 nitrogen and oxygen atoms in total. The molecule has 2 aromatic carbocycles. The number of hydrogen-bond acceptors (Lipinski definition) is 5. The van der Waals surface area contributed by atoms with E-state index in [1.807, 2.05) is 18.2 Å². The third-order valence-corrected chi connectivity index (χ3v) is 3.27. The molecule has 0 aliphatic carbocycles. The number of benzene rings is 2. The maximum absolute atomic E-state index is 12.1. The molecule has 24 heavy (non-hydrogen) atoms. The minimum Gasteiger partial charge on any atom is -0.497 e. The lowest BCUT2D eigenvalue weighted by atomic mass is 10.2. The topological polar surface area (TPSA) is 78.3 Å². The molecule has 0 radical (unpaired) electrons. The van der Waals surface area contributed by atoms with Crippen LogP contribution in [0.1, 0.15) is 0 Å². The Labute approximate surface area is 138 Å². The van der Waals surface area contributed by atoms with Crippen LogP contribution in [0.2, 0.25) is 0 Å². The molecule has 0 atom stereocenters. The highest BCUT2D eigenvalue weighted by atomic mass is 16.5. The van der Waals surface area contributed by atoms with Crippen LogP contribution in [0.25, 0.3) is 5.69 Å². The van der Waals surface area contributed by atoms with Crippen molar-refractivity contribution in [3.63, 3.8) is 0 Å². The highest BCUT2D eigenvalue weighted by molar-refractivity contribution is 5.93. The number of nitrogens with zero attached hydrogens (tertiary/aromatic N) is 3. The molecule has 122 valence electrons. The molecular formula is C17H16N4O3. The third-order valence-electron chi connectivity index (χ3n) is 3.27. The number of para-hydroxylation sites is 2. The van der Waals surface area contributed by atoms with Crippen molar-refractivity contribution < 1.29 is 14.3 Å². The van der Waals surface area contributed by atoms with Crippen molar-refractivity contribution >= 4 is 11.6 Å². The van der Waals surface area contributed by atoms with Gasteiger partial charge in [-0.3, -0.25) is 4.79 Å². The van der Waals surface area contributed by atoms with Crippen LogP contribution < -0.4 is 14.8 Å². The summed E-state index contributed by atoms with van der Waals surface area (Å²) in [5, 5.41) is 6.89. The summed E-state index contributed by atoms with van der Waals surface area (Å²) in [5.74, 6) is 1.06. The lowest BCUT2D eigenvalue weighted by Gasteiger charge is -2.11. The summed E-state index contributed by atoms with van der Waals surface area (Å²) in [6.45, 7) is -0.0992. The van der Waals surface area contributed by atoms with E-state index in [1.165, 1.54) is 6.33 Å². The molecule has 3 aromatic rings. The van der Waals surface area contributed by atoms with E-state index in [2.05, 4.69) is 15.4 Å². The number of carbonyl (C=O) groups is 1. The Morgan fingerprint density at radius 2 is 1.88 bits per heavy atom. The van der Waals surface area contributed by atoms with Crippen LogP contribution in [0.4, 0.5) is 5.69 Å². The second-order valence-electron chi connectivity index (χ2n) is 4.87. The van der Waals surface area contributed by atoms with Gasteiger partial charge in [0.15, 0.2) is 6.61 Å². The van der Waals surface area contributed by atoms with Crippen LogP contribution in [0.3, 0.4) is 0 Å². The highest BCUT2D eigenvalue weighted by Gasteiger charge is 2.09. The Hall–Kier alpha value is -3.35. The van der Waals surface area contributed by atoms with Crippen LogP contribution in [-0.2, 0) is 4.79 Å². The first kappa shape index (κ1) is 15.5. The summed E-state index contributed by atoms with van der Waals surface area (Å²) in [7, 11) is 1.59. The lowest BCUT2D eigenvalue weighted by Crippen LogP contribution is -2.21. The van der Waals surface area contributed by atoms with E-state index in [1.54, 1.807) is 48.5 Å². The van der Waals surface area contributed by atoms with Crippen LogP contribution in [-0.4, -0.2) is 34.4 Å². The Morgan fingerprint density at radius 1 is 1.12 bits per heavy atom. The number of amides is 1. The Bertz CT molecular complexity index is 801. The quantitative estimate of drug-likeness (QED) is 0.753. The second-order valence-corrected chi connectivity index (χ2v) is 4.87. The van der Waals surface area contributed by atoms with E-state index in [9.17, 15) is 4.79 Å². The van der Waals surface area contributed by atoms with Gasteiger partial charge in [0.2, 0.25) is 0 Å². The number of ether oxygens (including phenoxy) is 2. The first-order valence-corrected chi connectivity index (χ1v) is 7.27. The Balaban J connectivity index is 1.63. The zero-order valence-corrected chi connectivity index (χ0v) is 13.0. The summed E-state index contributed by atoms with van der Waals surface area (Å²) in [4.78, 5) is 16.0. The van der Waals surface area contributed by atoms with Gasteiger partial charge in [-0.05, 0) is 36.4 Å². The monoisotopic (exact) mass is 324 g/mol. The van der Waals surface area contributed by atoms with Crippen LogP contribution >= 0.6 is 0 Å². The minimum absolute atomic E-state index is 0.0992. The number of aromatic nitrogens is 3. The van der Waals surface area contributed by atoms with Crippen molar-refractivity contribution in [3.05, 3.63) is 61.2 Å². The molecule has 1 amide bonds. The van der Waals surface area contributed by atoms with E-state index in [-0.39, 0.29) is 12.5 Å². The average molecular weight is 324 g/mol. The lowest BCUT2D eigenvalue weighted by molar-refractivity contribution is -0.118. The number of nitrogens with one attached hydrogen (secondary N) is 1. The normalized spacial score (nSPS) is 10.2. The summed E-state index contributed by atoms with van der Waals surface area (Å²) in [6.07, 6.45) is 3.00. The molecule has 0 bridgehead atoms. The molecule has 0 aliphatic rings.